The minimum absolute atomic E-state index is 0.278. The van der Waals surface area contributed by atoms with Gasteiger partial charge in [0.05, 0.1) is 6.04 Å². The molecule has 1 unspecified atom stereocenters. The smallest absolute Gasteiger partial charge is 0.128 e. The fourth-order valence-corrected chi connectivity index (χ4v) is 3.24. The zero-order valence-corrected chi connectivity index (χ0v) is 12.1. The van der Waals surface area contributed by atoms with E-state index in [9.17, 15) is 4.39 Å². The van der Waals surface area contributed by atoms with E-state index in [1.165, 1.54) is 17.4 Å². The highest BCUT2D eigenvalue weighted by Gasteiger charge is 2.15. The van der Waals surface area contributed by atoms with Gasteiger partial charge in [-0.05, 0) is 40.2 Å². The highest BCUT2D eigenvalue weighted by Crippen LogP contribution is 2.30. The van der Waals surface area contributed by atoms with Crippen LogP contribution in [0.3, 0.4) is 0 Å². The Hall–Kier alpha value is -0.230. The molecule has 1 nitrogen and oxygen atoms in total. The highest BCUT2D eigenvalue weighted by atomic mass is 79.9. The van der Waals surface area contributed by atoms with Crippen LogP contribution >= 0.6 is 43.2 Å². The summed E-state index contributed by atoms with van der Waals surface area (Å²) in [7, 11) is 0. The molecule has 0 amide bonds. The lowest BCUT2D eigenvalue weighted by Gasteiger charge is -2.11. The van der Waals surface area contributed by atoms with Crippen molar-refractivity contribution in [2.75, 3.05) is 0 Å². The molecular weight excluding hydrogens is 357 g/mol. The van der Waals surface area contributed by atoms with Gasteiger partial charge < -0.3 is 5.73 Å². The number of nitrogens with two attached hydrogens (primary N) is 1. The summed E-state index contributed by atoms with van der Waals surface area (Å²) in [6.45, 7) is 0. The number of halogens is 3. The quantitative estimate of drug-likeness (QED) is 0.836. The summed E-state index contributed by atoms with van der Waals surface area (Å²) in [5, 5.41) is 1.94. The maximum Gasteiger partial charge on any atom is 0.128 e. The van der Waals surface area contributed by atoms with Gasteiger partial charge in [0.1, 0.15) is 5.82 Å². The van der Waals surface area contributed by atoms with E-state index >= 15 is 0 Å². The minimum atomic E-state index is -0.422. The Labute approximate surface area is 114 Å². The Balaban J connectivity index is 2.40. The summed E-state index contributed by atoms with van der Waals surface area (Å²) >= 11 is 8.19. The Morgan fingerprint density at radius 2 is 1.94 bits per heavy atom. The van der Waals surface area contributed by atoms with E-state index in [0.717, 1.165) is 13.8 Å². The summed E-state index contributed by atoms with van der Waals surface area (Å²) in [6, 6.07) is 6.29. The van der Waals surface area contributed by atoms with Gasteiger partial charge in [-0.2, -0.15) is 0 Å². The van der Waals surface area contributed by atoms with Gasteiger partial charge in [0.25, 0.3) is 0 Å². The summed E-state index contributed by atoms with van der Waals surface area (Å²) in [5.41, 5.74) is 6.53. The summed E-state index contributed by atoms with van der Waals surface area (Å²) < 4.78 is 15.4. The highest BCUT2D eigenvalue weighted by molar-refractivity contribution is 9.10. The molecule has 2 rings (SSSR count). The number of rotatable bonds is 2. The van der Waals surface area contributed by atoms with E-state index in [-0.39, 0.29) is 5.82 Å². The van der Waals surface area contributed by atoms with Gasteiger partial charge in [-0.3, -0.25) is 0 Å². The first-order chi connectivity index (χ1) is 7.58. The predicted octanol–water partition coefficient (Wildman–Crippen LogP) is 4.46. The topological polar surface area (TPSA) is 26.0 Å². The lowest BCUT2D eigenvalue weighted by atomic mass is 10.1. The van der Waals surface area contributed by atoms with Crippen molar-refractivity contribution in [3.05, 3.63) is 54.8 Å². The second-order valence-electron chi connectivity index (χ2n) is 3.31. The van der Waals surface area contributed by atoms with Crippen molar-refractivity contribution >= 4 is 43.2 Å². The van der Waals surface area contributed by atoms with Gasteiger partial charge in [0.2, 0.25) is 0 Å². The van der Waals surface area contributed by atoms with E-state index < -0.39 is 6.04 Å². The predicted molar refractivity (Wildman–Crippen MR) is 72.1 cm³/mol. The van der Waals surface area contributed by atoms with Gasteiger partial charge >= 0.3 is 0 Å². The monoisotopic (exact) mass is 363 g/mol. The van der Waals surface area contributed by atoms with Crippen molar-refractivity contribution in [1.29, 1.82) is 0 Å². The fourth-order valence-electron chi connectivity index (χ4n) is 1.40. The summed E-state index contributed by atoms with van der Waals surface area (Å²) in [5.74, 6) is -0.278. The van der Waals surface area contributed by atoms with Gasteiger partial charge in [-0.15, -0.1) is 11.3 Å². The largest absolute Gasteiger partial charge is 0.320 e. The normalized spacial score (nSPS) is 12.8. The van der Waals surface area contributed by atoms with Crippen LogP contribution < -0.4 is 5.73 Å². The number of thiophene rings is 1. The average molecular weight is 365 g/mol. The van der Waals surface area contributed by atoms with E-state index in [1.807, 2.05) is 11.4 Å². The second kappa shape index (κ2) is 4.96. The molecule has 1 aromatic heterocycles. The maximum absolute atomic E-state index is 13.6. The van der Waals surface area contributed by atoms with Crippen molar-refractivity contribution in [2.24, 2.45) is 5.73 Å². The molecule has 1 atom stereocenters. The standard InChI is InChI=1S/C11H8Br2FNS/c12-6-1-2-9(14)8(3-6)11(15)10-4-7(13)5-16-10/h1-5,11H,15H2. The van der Waals surface area contributed by atoms with E-state index in [1.54, 1.807) is 12.1 Å². The molecule has 0 aliphatic rings. The molecule has 0 saturated carbocycles. The Kier molecular flexibility index (Phi) is 3.79. The molecule has 0 fully saturated rings. The summed E-state index contributed by atoms with van der Waals surface area (Å²) in [4.78, 5) is 0.934. The lowest BCUT2D eigenvalue weighted by molar-refractivity contribution is 0.600. The van der Waals surface area contributed by atoms with Crippen LogP contribution in [-0.2, 0) is 0 Å². The molecular formula is C11H8Br2FNS. The lowest BCUT2D eigenvalue weighted by Crippen LogP contribution is -2.12. The van der Waals surface area contributed by atoms with Crippen LogP contribution in [0, 0.1) is 5.82 Å². The molecule has 0 spiro atoms. The van der Waals surface area contributed by atoms with Crippen molar-refractivity contribution < 1.29 is 4.39 Å². The third-order valence-electron chi connectivity index (χ3n) is 2.19. The Morgan fingerprint density at radius 1 is 1.19 bits per heavy atom. The van der Waals surface area contributed by atoms with Crippen LogP contribution in [0.5, 0.6) is 0 Å². The molecule has 1 heterocycles. The molecule has 16 heavy (non-hydrogen) atoms. The third kappa shape index (κ3) is 2.53. The van der Waals surface area contributed by atoms with Crippen LogP contribution in [-0.4, -0.2) is 0 Å². The Bertz CT molecular complexity index is 512. The van der Waals surface area contributed by atoms with Crippen LogP contribution in [0.25, 0.3) is 0 Å². The summed E-state index contributed by atoms with van der Waals surface area (Å²) in [6.07, 6.45) is 0. The molecule has 0 aliphatic heterocycles. The zero-order valence-electron chi connectivity index (χ0n) is 8.08. The van der Waals surface area contributed by atoms with Crippen molar-refractivity contribution in [1.82, 2.24) is 0 Å². The average Bonchev–Trinajstić information content (AvgIpc) is 2.67. The van der Waals surface area contributed by atoms with Crippen molar-refractivity contribution in [3.8, 4) is 0 Å². The number of benzene rings is 1. The van der Waals surface area contributed by atoms with E-state index in [0.29, 0.717) is 5.56 Å². The number of hydrogen-bond acceptors (Lipinski definition) is 2. The van der Waals surface area contributed by atoms with Crippen LogP contribution in [0.2, 0.25) is 0 Å². The molecule has 2 N–H and O–H groups in total. The van der Waals surface area contributed by atoms with Crippen LogP contribution in [0.1, 0.15) is 16.5 Å². The third-order valence-corrected chi connectivity index (χ3v) is 4.46. The fraction of sp³-hybridized carbons (Fsp3) is 0.0909. The van der Waals surface area contributed by atoms with Gasteiger partial charge in [0.15, 0.2) is 0 Å². The van der Waals surface area contributed by atoms with Crippen molar-refractivity contribution in [3.63, 3.8) is 0 Å². The van der Waals surface area contributed by atoms with Crippen LogP contribution in [0.15, 0.2) is 38.6 Å². The van der Waals surface area contributed by atoms with Gasteiger partial charge in [-0.25, -0.2) is 4.39 Å². The first-order valence-corrected chi connectivity index (χ1v) is 6.99. The van der Waals surface area contributed by atoms with Gasteiger partial charge in [0, 0.05) is 24.8 Å². The SMILES string of the molecule is NC(c1cc(Br)cs1)c1cc(Br)ccc1F. The molecule has 1 aromatic carbocycles. The molecule has 0 radical (unpaired) electrons. The second-order valence-corrected chi connectivity index (χ2v) is 6.08. The van der Waals surface area contributed by atoms with Crippen LogP contribution in [0.4, 0.5) is 4.39 Å². The molecule has 5 heteroatoms. The van der Waals surface area contributed by atoms with E-state index in [2.05, 4.69) is 31.9 Å². The number of hydrogen-bond donors (Lipinski definition) is 1. The first-order valence-electron chi connectivity index (χ1n) is 4.52. The molecule has 0 bridgehead atoms. The first kappa shape index (κ1) is 12.2. The zero-order chi connectivity index (χ0) is 11.7. The van der Waals surface area contributed by atoms with Crippen molar-refractivity contribution in [2.45, 2.75) is 6.04 Å². The van der Waals surface area contributed by atoms with Gasteiger partial charge in [-0.1, -0.05) is 15.9 Å². The molecule has 84 valence electrons. The Morgan fingerprint density at radius 3 is 2.56 bits per heavy atom. The molecule has 0 aliphatic carbocycles. The molecule has 2 aromatic rings. The maximum atomic E-state index is 13.6. The van der Waals surface area contributed by atoms with E-state index in [4.69, 9.17) is 5.73 Å². The molecule has 0 saturated heterocycles. The minimum Gasteiger partial charge on any atom is -0.320 e.